The van der Waals surface area contributed by atoms with E-state index in [-0.39, 0.29) is 11.7 Å². The predicted octanol–water partition coefficient (Wildman–Crippen LogP) is 6.58. The molecule has 0 aliphatic carbocycles. The molecule has 1 atom stereocenters. The lowest BCUT2D eigenvalue weighted by molar-refractivity contribution is -0.111. The van der Waals surface area contributed by atoms with Crippen LogP contribution in [0.3, 0.4) is 0 Å². The van der Waals surface area contributed by atoms with Crippen LogP contribution in [-0.2, 0) is 4.79 Å². The number of imidazole rings is 1. The first kappa shape index (κ1) is 26.9. The van der Waals surface area contributed by atoms with Crippen molar-refractivity contribution in [2.45, 2.75) is 26.2 Å². The van der Waals surface area contributed by atoms with Crippen LogP contribution in [0.25, 0.3) is 17.1 Å². The minimum absolute atomic E-state index is 0.283. The molecule has 1 aliphatic heterocycles. The molecule has 40 heavy (non-hydrogen) atoms. The van der Waals surface area contributed by atoms with Gasteiger partial charge in [0.05, 0.1) is 29.9 Å². The second kappa shape index (κ2) is 12.0. The van der Waals surface area contributed by atoms with Crippen LogP contribution in [0.4, 0.5) is 27.3 Å². The molecule has 9 heteroatoms. The molecule has 0 spiro atoms. The Bertz CT molecular complexity index is 1500. The number of nitrogens with zero attached hydrogens (tertiary/aromatic N) is 4. The first-order valence-corrected chi connectivity index (χ1v) is 13.4. The first-order chi connectivity index (χ1) is 19.4. The van der Waals surface area contributed by atoms with E-state index in [1.165, 1.54) is 24.6 Å². The largest absolute Gasteiger partial charge is 0.494 e. The Hall–Kier alpha value is -4.66. The van der Waals surface area contributed by atoms with Crippen LogP contribution in [0.1, 0.15) is 26.2 Å². The minimum atomic E-state index is -0.300. The lowest BCUT2D eigenvalue weighted by atomic mass is 10.0. The molecule has 0 radical (unpaired) electrons. The first-order valence-electron chi connectivity index (χ1n) is 13.4. The van der Waals surface area contributed by atoms with Crippen LogP contribution in [-0.4, -0.2) is 40.6 Å². The molecule has 1 saturated heterocycles. The number of hydrogen-bond acceptors (Lipinski definition) is 6. The van der Waals surface area contributed by atoms with Crippen LogP contribution in [0.5, 0.6) is 5.75 Å². The molecular weight excluding hydrogens is 507 g/mol. The van der Waals surface area contributed by atoms with Gasteiger partial charge in [0.2, 0.25) is 5.91 Å². The SMILES string of the molecule is C=CC(=O)Nc1cc(Nc2cc(-n3ccnc3-c3ccc(F)cc3)ccn2)c(OC)cc1N1CCCC(C)CC1. The Balaban J connectivity index is 1.48. The van der Waals surface area contributed by atoms with Crippen molar-refractivity contribution in [2.24, 2.45) is 5.92 Å². The number of hydrogen-bond donors (Lipinski definition) is 2. The van der Waals surface area contributed by atoms with Crippen molar-refractivity contribution in [3.05, 3.63) is 85.6 Å². The maximum absolute atomic E-state index is 13.5. The van der Waals surface area contributed by atoms with E-state index >= 15 is 0 Å². The van der Waals surface area contributed by atoms with Crippen molar-refractivity contribution in [3.63, 3.8) is 0 Å². The van der Waals surface area contributed by atoms with E-state index in [1.807, 2.05) is 35.0 Å². The summed E-state index contributed by atoms with van der Waals surface area (Å²) in [5, 5.41) is 6.33. The maximum Gasteiger partial charge on any atom is 0.247 e. The third-order valence-corrected chi connectivity index (χ3v) is 7.15. The fourth-order valence-corrected chi connectivity index (χ4v) is 4.98. The highest BCUT2D eigenvalue weighted by Gasteiger charge is 2.21. The van der Waals surface area contributed by atoms with Gasteiger partial charge in [-0.1, -0.05) is 13.5 Å². The molecule has 5 rings (SSSR count). The summed E-state index contributed by atoms with van der Waals surface area (Å²) in [7, 11) is 1.63. The second-order valence-electron chi connectivity index (χ2n) is 9.94. The van der Waals surface area contributed by atoms with Gasteiger partial charge in [0, 0.05) is 49.4 Å². The Morgan fingerprint density at radius 1 is 1.07 bits per heavy atom. The molecule has 2 N–H and O–H groups in total. The number of rotatable bonds is 8. The van der Waals surface area contributed by atoms with Crippen molar-refractivity contribution in [3.8, 4) is 22.8 Å². The molecule has 2 aromatic carbocycles. The van der Waals surface area contributed by atoms with Crippen molar-refractivity contribution >= 4 is 28.8 Å². The van der Waals surface area contributed by atoms with E-state index in [0.717, 1.165) is 42.9 Å². The Kier molecular flexibility index (Phi) is 8.10. The third kappa shape index (κ3) is 5.98. The van der Waals surface area contributed by atoms with Crippen molar-refractivity contribution in [1.29, 1.82) is 0 Å². The van der Waals surface area contributed by atoms with Gasteiger partial charge in [-0.3, -0.25) is 9.36 Å². The van der Waals surface area contributed by atoms with Crippen LogP contribution >= 0.6 is 0 Å². The fourth-order valence-electron chi connectivity index (χ4n) is 4.98. The molecule has 0 bridgehead atoms. The van der Waals surface area contributed by atoms with Crippen LogP contribution in [0.15, 0.2) is 79.8 Å². The molecule has 1 unspecified atom stereocenters. The number of ether oxygens (including phenoxy) is 1. The number of methoxy groups -OCH3 is 1. The van der Waals surface area contributed by atoms with Crippen molar-refractivity contribution < 1.29 is 13.9 Å². The van der Waals surface area contributed by atoms with Crippen molar-refractivity contribution in [1.82, 2.24) is 14.5 Å². The smallest absolute Gasteiger partial charge is 0.247 e. The fraction of sp³-hybridized carbons (Fsp3) is 0.258. The van der Waals surface area contributed by atoms with Gasteiger partial charge in [0.1, 0.15) is 23.2 Å². The number of carbonyl (C=O) groups is 1. The van der Waals surface area contributed by atoms with Gasteiger partial charge in [-0.2, -0.15) is 0 Å². The molecule has 4 aromatic rings. The van der Waals surface area contributed by atoms with Gasteiger partial charge in [-0.05, 0) is 67.7 Å². The van der Waals surface area contributed by atoms with E-state index in [4.69, 9.17) is 4.74 Å². The standard InChI is InChI=1S/C31H33FN6O2/c1-4-30(39)36-25-19-26(28(40-3)20-27(25)37-15-5-6-21(2)12-16-37)35-29-18-24(11-13-33-29)38-17-14-34-31(38)22-7-9-23(32)10-8-22/h4,7-11,13-14,17-21H,1,5-6,12,15-16H2,2-3H3,(H,33,35)(H,36,39). The number of pyridine rings is 1. The molecule has 2 aromatic heterocycles. The van der Waals surface area contributed by atoms with Crippen LogP contribution in [0.2, 0.25) is 0 Å². The molecule has 1 amide bonds. The lowest BCUT2D eigenvalue weighted by Crippen LogP contribution is -2.26. The summed E-state index contributed by atoms with van der Waals surface area (Å²) in [6.07, 6.45) is 9.87. The highest BCUT2D eigenvalue weighted by Crippen LogP contribution is 2.39. The second-order valence-corrected chi connectivity index (χ2v) is 9.94. The lowest BCUT2D eigenvalue weighted by Gasteiger charge is -2.27. The van der Waals surface area contributed by atoms with Crippen LogP contribution < -0.4 is 20.3 Å². The summed E-state index contributed by atoms with van der Waals surface area (Å²) in [6, 6.07) is 13.8. The molecule has 1 fully saturated rings. The van der Waals surface area contributed by atoms with Gasteiger partial charge in [-0.25, -0.2) is 14.4 Å². The number of amides is 1. The van der Waals surface area contributed by atoms with E-state index in [2.05, 4.69) is 39.0 Å². The molecular formula is C31H33FN6O2. The molecule has 8 nitrogen and oxygen atoms in total. The van der Waals surface area contributed by atoms with Gasteiger partial charge in [-0.15, -0.1) is 0 Å². The monoisotopic (exact) mass is 540 g/mol. The number of carbonyl (C=O) groups excluding carboxylic acids is 1. The van der Waals surface area contributed by atoms with Gasteiger partial charge in [0.25, 0.3) is 0 Å². The topological polar surface area (TPSA) is 84.3 Å². The van der Waals surface area contributed by atoms with Gasteiger partial charge >= 0.3 is 0 Å². The Labute approximate surface area is 233 Å². The van der Waals surface area contributed by atoms with E-state index in [9.17, 15) is 9.18 Å². The zero-order valence-electron chi connectivity index (χ0n) is 22.7. The van der Waals surface area contributed by atoms with Crippen LogP contribution in [0, 0.1) is 11.7 Å². The molecule has 3 heterocycles. The normalized spacial score (nSPS) is 15.3. The van der Waals surface area contributed by atoms with Gasteiger partial charge < -0.3 is 20.3 Å². The highest BCUT2D eigenvalue weighted by molar-refractivity contribution is 6.02. The summed E-state index contributed by atoms with van der Waals surface area (Å²) in [5.41, 5.74) is 3.86. The zero-order chi connectivity index (χ0) is 28.1. The summed E-state index contributed by atoms with van der Waals surface area (Å²) < 4.78 is 21.2. The number of aromatic nitrogens is 3. The number of halogens is 1. The summed E-state index contributed by atoms with van der Waals surface area (Å²) in [6.45, 7) is 7.70. The third-order valence-electron chi connectivity index (χ3n) is 7.15. The Morgan fingerprint density at radius 2 is 1.90 bits per heavy atom. The Morgan fingerprint density at radius 3 is 2.67 bits per heavy atom. The summed E-state index contributed by atoms with van der Waals surface area (Å²) >= 11 is 0. The van der Waals surface area contributed by atoms with E-state index < -0.39 is 0 Å². The summed E-state index contributed by atoms with van der Waals surface area (Å²) in [4.78, 5) is 23.7. The average molecular weight is 541 g/mol. The van der Waals surface area contributed by atoms with Crippen molar-refractivity contribution in [2.75, 3.05) is 35.7 Å². The summed E-state index contributed by atoms with van der Waals surface area (Å²) in [5.74, 6) is 1.97. The highest BCUT2D eigenvalue weighted by atomic mass is 19.1. The number of anilines is 4. The minimum Gasteiger partial charge on any atom is -0.494 e. The predicted molar refractivity (Wildman–Crippen MR) is 157 cm³/mol. The molecule has 0 saturated carbocycles. The molecule has 206 valence electrons. The zero-order valence-corrected chi connectivity index (χ0v) is 22.7. The maximum atomic E-state index is 13.5. The molecule has 1 aliphatic rings. The number of benzene rings is 2. The van der Waals surface area contributed by atoms with E-state index in [1.54, 1.807) is 31.6 Å². The number of nitrogens with one attached hydrogen (secondary N) is 2. The van der Waals surface area contributed by atoms with Gasteiger partial charge in [0.15, 0.2) is 0 Å². The van der Waals surface area contributed by atoms with E-state index in [0.29, 0.717) is 34.7 Å². The average Bonchev–Trinajstić information content (AvgIpc) is 3.36. The quantitative estimate of drug-likeness (QED) is 0.246.